The summed E-state index contributed by atoms with van der Waals surface area (Å²) in [5.74, 6) is -8.14. The maximum absolute atomic E-state index is 14.4. The van der Waals surface area contributed by atoms with Crippen LogP contribution in [0.15, 0.2) is 58.1 Å². The molecule has 1 aliphatic rings. The summed E-state index contributed by atoms with van der Waals surface area (Å²) in [6.45, 7) is 0. The molecule has 0 fully saturated rings. The first kappa shape index (κ1) is 44.2. The molecule has 0 unspecified atom stereocenters. The fourth-order valence-corrected chi connectivity index (χ4v) is 7.48. The summed E-state index contributed by atoms with van der Waals surface area (Å²) in [5.41, 5.74) is 10.1. The van der Waals surface area contributed by atoms with Gasteiger partial charge in [-0.3, -0.25) is 43.5 Å². The number of aromatic amines is 3. The number of hydrogen-bond acceptors (Lipinski definition) is 13. The molecule has 23 nitrogen and oxygen atoms in total. The number of fused-ring (bicyclic) bond motifs is 2. The Labute approximate surface area is 353 Å². The van der Waals surface area contributed by atoms with E-state index in [9.17, 15) is 53.4 Å². The molecular weight excluding hydrogens is 828 g/mol. The molecule has 328 valence electrons. The molecule has 0 aliphatic carbocycles. The fraction of sp³-hybridized carbons (Fsp3) is 0.275. The number of rotatable bonds is 19. The molecule has 6 rings (SSSR count). The number of carboxylic acids is 4. The van der Waals surface area contributed by atoms with E-state index in [-0.39, 0.29) is 95.2 Å². The van der Waals surface area contributed by atoms with Gasteiger partial charge >= 0.3 is 23.9 Å². The van der Waals surface area contributed by atoms with Gasteiger partial charge in [-0.1, -0.05) is 24.3 Å². The zero-order valence-electron chi connectivity index (χ0n) is 32.9. The molecule has 23 heteroatoms. The Balaban J connectivity index is 1.33. The van der Waals surface area contributed by atoms with E-state index in [0.29, 0.717) is 11.1 Å². The molecule has 63 heavy (non-hydrogen) atoms. The van der Waals surface area contributed by atoms with Gasteiger partial charge in [-0.05, 0) is 79.5 Å². The number of nitrogens with one attached hydrogen (secondary N) is 6. The first-order valence-corrected chi connectivity index (χ1v) is 19.2. The van der Waals surface area contributed by atoms with Crippen LogP contribution in [0.3, 0.4) is 0 Å². The summed E-state index contributed by atoms with van der Waals surface area (Å²) in [6, 6.07) is 9.06. The summed E-state index contributed by atoms with van der Waals surface area (Å²) >= 11 is 0. The van der Waals surface area contributed by atoms with Crippen molar-refractivity contribution >= 4 is 70.3 Å². The molecule has 2 aromatic carbocycles. The van der Waals surface area contributed by atoms with Crippen molar-refractivity contribution in [2.24, 2.45) is 0 Å². The lowest BCUT2D eigenvalue weighted by Gasteiger charge is -2.27. The van der Waals surface area contributed by atoms with Crippen molar-refractivity contribution < 1.29 is 54.0 Å². The quantitative estimate of drug-likeness (QED) is 0.0529. The second kappa shape index (κ2) is 18.1. The number of carbonyl (C=O) groups is 7. The van der Waals surface area contributed by atoms with Crippen molar-refractivity contribution in [3.63, 3.8) is 0 Å². The van der Waals surface area contributed by atoms with Gasteiger partial charge in [0, 0.05) is 29.7 Å². The number of aromatic nitrogens is 5. The fourth-order valence-electron chi connectivity index (χ4n) is 7.48. The minimum absolute atomic E-state index is 0.00277. The number of aliphatic carboxylic acids is 4. The van der Waals surface area contributed by atoms with Gasteiger partial charge in [0.1, 0.15) is 29.0 Å². The maximum Gasteiger partial charge on any atom is 0.326 e. The third-order valence-electron chi connectivity index (χ3n) is 10.6. The van der Waals surface area contributed by atoms with Crippen molar-refractivity contribution in [3.05, 3.63) is 108 Å². The predicted octanol–water partition coefficient (Wildman–Crippen LogP) is 0.251. The van der Waals surface area contributed by atoms with Gasteiger partial charge in [0.2, 0.25) is 17.8 Å². The van der Waals surface area contributed by atoms with Gasteiger partial charge in [0.05, 0.1) is 10.9 Å². The van der Waals surface area contributed by atoms with E-state index in [0.717, 1.165) is 0 Å². The highest BCUT2D eigenvalue weighted by molar-refractivity contribution is 6.08. The third-order valence-corrected chi connectivity index (χ3v) is 10.6. The van der Waals surface area contributed by atoms with Gasteiger partial charge in [-0.15, -0.1) is 0 Å². The van der Waals surface area contributed by atoms with Gasteiger partial charge in [0.25, 0.3) is 22.9 Å². The largest absolute Gasteiger partial charge is 0.481 e. The molecule has 3 amide bonds. The van der Waals surface area contributed by atoms with Crippen molar-refractivity contribution in [3.8, 4) is 0 Å². The maximum atomic E-state index is 14.4. The number of nitrogens with two attached hydrogens (primary N) is 2. The van der Waals surface area contributed by atoms with E-state index < -0.39 is 83.1 Å². The summed E-state index contributed by atoms with van der Waals surface area (Å²) in [6.07, 6.45) is -1.47. The summed E-state index contributed by atoms with van der Waals surface area (Å²) in [4.78, 5) is 129. The van der Waals surface area contributed by atoms with E-state index in [1.54, 1.807) is 24.3 Å². The molecule has 0 spiro atoms. The molecule has 0 bridgehead atoms. The minimum Gasteiger partial charge on any atom is -0.481 e. The topological polar surface area (TPSA) is 396 Å². The number of nitrogen functional groups attached to an aromatic ring is 2. The first-order valence-electron chi connectivity index (χ1n) is 19.2. The number of H-pyrrole nitrogens is 3. The van der Waals surface area contributed by atoms with E-state index in [1.165, 1.54) is 24.3 Å². The standard InChI is InChI=1S/C40H40N10O13/c41-38-47-29-26(33(57)49-38)21(10-5-17-1-6-19(7-2-17)31(55)43-22(35(59)60)11-13-24(51)52)28(45-29)40(27-30(46-37(40)63)48-39(42)50-34(27)58)16-15-18-3-8-20(9-4-18)32(56)44-23(36(61)62)12-14-25(53)54/h1-4,6-9,22-23H,5,10-16H2,(H,43,55)(H,44,56)(H,51,52)(H,53,54)(H,59,60)(H,61,62)(H4,41,45,47,49,57)(H4,42,46,48,50,58,63)/t22-,23+,40-/m1/s1. The number of carbonyl (C=O) groups excluding carboxylic acids is 3. The van der Waals surface area contributed by atoms with Crippen LogP contribution in [0.4, 0.5) is 17.7 Å². The minimum atomic E-state index is -1.88. The van der Waals surface area contributed by atoms with Crippen LogP contribution in [-0.4, -0.2) is 99.0 Å². The van der Waals surface area contributed by atoms with Crippen LogP contribution >= 0.6 is 0 Å². The summed E-state index contributed by atoms with van der Waals surface area (Å²) in [7, 11) is 0. The average Bonchev–Trinajstić information content (AvgIpc) is 3.73. The predicted molar refractivity (Wildman–Crippen MR) is 220 cm³/mol. The van der Waals surface area contributed by atoms with Crippen molar-refractivity contribution in [1.82, 2.24) is 35.6 Å². The van der Waals surface area contributed by atoms with Gasteiger partial charge in [-0.25, -0.2) is 9.59 Å². The molecule has 3 aromatic heterocycles. The molecule has 0 radical (unpaired) electrons. The Kier molecular flexibility index (Phi) is 12.7. The molecule has 0 saturated heterocycles. The van der Waals surface area contributed by atoms with Crippen LogP contribution in [0.5, 0.6) is 0 Å². The Morgan fingerprint density at radius 2 is 1.14 bits per heavy atom. The molecule has 3 atom stereocenters. The van der Waals surface area contributed by atoms with Crippen molar-refractivity contribution in [1.29, 1.82) is 0 Å². The first-order chi connectivity index (χ1) is 29.9. The van der Waals surface area contributed by atoms with Crippen LogP contribution in [0.2, 0.25) is 0 Å². The molecule has 4 heterocycles. The second-order valence-corrected chi connectivity index (χ2v) is 14.7. The van der Waals surface area contributed by atoms with E-state index in [2.05, 4.69) is 40.9 Å². The highest BCUT2D eigenvalue weighted by Gasteiger charge is 2.53. The summed E-state index contributed by atoms with van der Waals surface area (Å²) < 4.78 is 0. The van der Waals surface area contributed by atoms with Crippen LogP contribution < -0.4 is 38.5 Å². The van der Waals surface area contributed by atoms with Gasteiger partial charge in [0.15, 0.2) is 0 Å². The zero-order valence-corrected chi connectivity index (χ0v) is 32.9. The Bertz CT molecular complexity index is 2780. The molecule has 1 aliphatic heterocycles. The molecular formula is C40H40N10O13. The molecule has 5 aromatic rings. The highest BCUT2D eigenvalue weighted by Crippen LogP contribution is 2.46. The van der Waals surface area contributed by atoms with E-state index in [1.807, 2.05) is 0 Å². The number of carboxylic acid groups (broad SMARTS) is 4. The molecule has 14 N–H and O–H groups in total. The van der Waals surface area contributed by atoms with Crippen LogP contribution in [-0.2, 0) is 48.7 Å². The van der Waals surface area contributed by atoms with Crippen LogP contribution in [0.25, 0.3) is 11.0 Å². The Morgan fingerprint density at radius 3 is 1.65 bits per heavy atom. The normalized spacial score (nSPS) is 15.2. The lowest BCUT2D eigenvalue weighted by molar-refractivity contribution is -0.142. The smallest absolute Gasteiger partial charge is 0.326 e. The van der Waals surface area contributed by atoms with Crippen LogP contribution in [0, 0.1) is 0 Å². The van der Waals surface area contributed by atoms with E-state index in [4.69, 9.17) is 21.7 Å². The highest BCUT2D eigenvalue weighted by atomic mass is 16.4. The number of nitrogens with zero attached hydrogens (tertiary/aromatic N) is 2. The lowest BCUT2D eigenvalue weighted by atomic mass is 9.73. The SMILES string of the molecule is Nc1nc2c(c(=O)[nH]1)[C@](CCc1ccc(C(=O)N[C@@H](CCC(=O)O)C(=O)O)cc1)(c1[nH]c3nc(N)[nH]c(=O)c3c1CCc1ccc(C(=O)N[C@H](CCC(=O)O)C(=O)O)cc1)C(=O)N2. The van der Waals surface area contributed by atoms with Gasteiger partial charge < -0.3 is 52.8 Å². The Hall–Kier alpha value is -8.37. The average molecular weight is 869 g/mol. The second-order valence-electron chi connectivity index (χ2n) is 14.7. The van der Waals surface area contributed by atoms with Crippen molar-refractivity contribution in [2.75, 3.05) is 16.8 Å². The van der Waals surface area contributed by atoms with Crippen molar-refractivity contribution in [2.45, 2.75) is 68.9 Å². The van der Waals surface area contributed by atoms with E-state index >= 15 is 0 Å². The lowest BCUT2D eigenvalue weighted by Crippen LogP contribution is -2.41. The Morgan fingerprint density at radius 1 is 0.651 bits per heavy atom. The monoisotopic (exact) mass is 868 g/mol. The number of aryl methyl sites for hydroxylation is 3. The number of amides is 3. The van der Waals surface area contributed by atoms with Crippen LogP contribution in [0.1, 0.15) is 80.8 Å². The summed E-state index contributed by atoms with van der Waals surface area (Å²) in [5, 5.41) is 44.1. The third kappa shape index (κ3) is 9.51. The number of hydrogen-bond donors (Lipinski definition) is 12. The molecule has 0 saturated carbocycles. The number of benzene rings is 2. The number of anilines is 3. The van der Waals surface area contributed by atoms with Gasteiger partial charge in [-0.2, -0.15) is 9.97 Å². The zero-order chi connectivity index (χ0) is 45.7.